The summed E-state index contributed by atoms with van der Waals surface area (Å²) in [6.45, 7) is 0. The Kier molecular flexibility index (Phi) is 5.32. The van der Waals surface area contributed by atoms with Crippen molar-refractivity contribution < 1.29 is 28.5 Å². The summed E-state index contributed by atoms with van der Waals surface area (Å²) in [6, 6.07) is 25.1. The van der Waals surface area contributed by atoms with Gasteiger partial charge in [0.1, 0.15) is 0 Å². The molecule has 0 bridgehead atoms. The first kappa shape index (κ1) is 16.7. The van der Waals surface area contributed by atoms with Gasteiger partial charge in [-0.15, -0.1) is 5.75 Å². The Morgan fingerprint density at radius 1 is 0.591 bits per heavy atom. The Labute approximate surface area is 142 Å². The zero-order valence-corrected chi connectivity index (χ0v) is 13.2. The predicted molar refractivity (Wildman–Crippen MR) is 85.3 cm³/mol. The average molecular weight is 300 g/mol. The molecule has 22 heavy (non-hydrogen) atoms. The van der Waals surface area contributed by atoms with Gasteiger partial charge in [0.05, 0.1) is 0 Å². The first-order valence-electron chi connectivity index (χ1n) is 6.70. The van der Waals surface area contributed by atoms with E-state index in [0.717, 1.165) is 10.6 Å². The molecular weight excluding hydrogens is 286 g/mol. The van der Waals surface area contributed by atoms with Gasteiger partial charge < -0.3 is 9.67 Å². The first-order chi connectivity index (χ1) is 10.2. The van der Waals surface area contributed by atoms with Crippen LogP contribution in [0.15, 0.2) is 84.9 Å². The van der Waals surface area contributed by atoms with E-state index >= 15 is 0 Å². The summed E-state index contributed by atoms with van der Waals surface area (Å²) in [5, 5.41) is 13.6. The fraction of sp³-hybridized carbons (Fsp3) is 0. The molecule has 0 heterocycles. The van der Waals surface area contributed by atoms with E-state index in [4.69, 9.17) is 0 Å². The molecule has 0 aliphatic carbocycles. The van der Waals surface area contributed by atoms with Crippen molar-refractivity contribution >= 4 is 23.1 Å². The molecule has 0 spiro atoms. The minimum absolute atomic E-state index is 0. The third-order valence-corrected chi connectivity index (χ3v) is 6.52. The van der Waals surface area contributed by atoms with E-state index in [9.17, 15) is 9.67 Å². The van der Waals surface area contributed by atoms with Crippen LogP contribution in [0.5, 0.6) is 5.75 Å². The van der Waals surface area contributed by atoms with Crippen molar-refractivity contribution in [3.8, 4) is 5.75 Å². The van der Waals surface area contributed by atoms with Crippen molar-refractivity contribution in [1.29, 1.82) is 0 Å². The van der Waals surface area contributed by atoms with Crippen molar-refractivity contribution in [1.82, 2.24) is 0 Å². The largest absolute Gasteiger partial charge is 1.00 e. The molecule has 2 nitrogen and oxygen atoms in total. The topological polar surface area (TPSA) is 40.1 Å². The maximum Gasteiger partial charge on any atom is 1.00 e. The van der Waals surface area contributed by atoms with Gasteiger partial charge in [-0.3, -0.25) is 0 Å². The minimum atomic E-state index is -2.94. The van der Waals surface area contributed by atoms with Crippen molar-refractivity contribution in [2.75, 3.05) is 0 Å². The molecule has 0 unspecified atom stereocenters. The smallest absolute Gasteiger partial charge is 0.872 e. The van der Waals surface area contributed by atoms with Crippen LogP contribution in [0.3, 0.4) is 0 Å². The first-order valence-corrected chi connectivity index (χ1v) is 8.41. The predicted octanol–water partition coefficient (Wildman–Crippen LogP) is -0.596. The van der Waals surface area contributed by atoms with Gasteiger partial charge in [0.25, 0.3) is 0 Å². The summed E-state index contributed by atoms with van der Waals surface area (Å²) in [5.41, 5.74) is 0. The van der Waals surface area contributed by atoms with E-state index in [1.807, 2.05) is 60.7 Å². The molecule has 104 valence electrons. The van der Waals surface area contributed by atoms with Crippen LogP contribution < -0.4 is 39.9 Å². The van der Waals surface area contributed by atoms with E-state index in [0.29, 0.717) is 5.30 Å². The van der Waals surface area contributed by atoms with Gasteiger partial charge in [0.2, 0.25) is 0 Å². The zero-order chi connectivity index (χ0) is 14.7. The monoisotopic (exact) mass is 300 g/mol. The van der Waals surface area contributed by atoms with Gasteiger partial charge in [-0.05, 0) is 0 Å². The molecule has 3 rings (SSSR count). The fourth-order valence-corrected chi connectivity index (χ4v) is 5.03. The van der Waals surface area contributed by atoms with Crippen LogP contribution in [0, 0.1) is 0 Å². The summed E-state index contributed by atoms with van der Waals surface area (Å²) in [7, 11) is -2.94. The molecule has 0 fully saturated rings. The van der Waals surface area contributed by atoms with Crippen LogP contribution in [0.1, 0.15) is 0 Å². The summed E-state index contributed by atoms with van der Waals surface area (Å²) >= 11 is 0. The van der Waals surface area contributed by atoms with Crippen LogP contribution in [0.2, 0.25) is 0 Å². The summed E-state index contributed by atoms with van der Waals surface area (Å²) in [5.74, 6) is -0.0774. The molecule has 0 radical (unpaired) electrons. The van der Waals surface area contributed by atoms with E-state index in [-0.39, 0.29) is 24.6 Å². The number of benzene rings is 3. The van der Waals surface area contributed by atoms with Crippen molar-refractivity contribution in [3.63, 3.8) is 0 Å². The van der Waals surface area contributed by atoms with Crippen molar-refractivity contribution in [2.24, 2.45) is 0 Å². The number of rotatable bonds is 3. The molecule has 0 atom stereocenters. The summed E-state index contributed by atoms with van der Waals surface area (Å²) in [4.78, 5) is 0. The second kappa shape index (κ2) is 7.03. The summed E-state index contributed by atoms with van der Waals surface area (Å²) in [6.07, 6.45) is 0. The SMILES string of the molecule is O=P(c1ccccc1)(c1ccccc1)c1ccc([O-])cc1.[Li+]. The van der Waals surface area contributed by atoms with E-state index < -0.39 is 7.14 Å². The van der Waals surface area contributed by atoms with Crippen LogP contribution in [-0.4, -0.2) is 0 Å². The maximum absolute atomic E-state index is 13.8. The molecular formula is C18H14LiO2P. The Morgan fingerprint density at radius 2 is 0.955 bits per heavy atom. The minimum Gasteiger partial charge on any atom is -0.872 e. The Hall–Kier alpha value is -1.71. The van der Waals surface area contributed by atoms with Crippen LogP contribution in [0.4, 0.5) is 0 Å². The Bertz CT molecular complexity index is 728. The summed E-state index contributed by atoms with van der Waals surface area (Å²) < 4.78 is 13.8. The molecule has 3 aromatic carbocycles. The van der Waals surface area contributed by atoms with Crippen molar-refractivity contribution in [2.45, 2.75) is 0 Å². The van der Waals surface area contributed by atoms with Gasteiger partial charge in [-0.1, -0.05) is 84.9 Å². The number of hydrogen-bond acceptors (Lipinski definition) is 2. The molecule has 0 aromatic heterocycles. The fourth-order valence-electron chi connectivity index (χ4n) is 2.38. The second-order valence-corrected chi connectivity index (χ2v) is 7.54. The average Bonchev–Trinajstić information content (AvgIpc) is 2.56. The zero-order valence-electron chi connectivity index (χ0n) is 12.3. The molecule has 0 aliphatic heterocycles. The van der Waals surface area contributed by atoms with E-state index in [1.54, 1.807) is 12.1 Å². The van der Waals surface area contributed by atoms with E-state index in [1.165, 1.54) is 12.1 Å². The third kappa shape index (κ3) is 3.06. The normalized spacial score (nSPS) is 10.7. The molecule has 0 saturated carbocycles. The van der Waals surface area contributed by atoms with E-state index in [2.05, 4.69) is 0 Å². The van der Waals surface area contributed by atoms with Gasteiger partial charge in [-0.2, -0.15) is 0 Å². The molecule has 0 N–H and O–H groups in total. The third-order valence-electron chi connectivity index (χ3n) is 3.44. The van der Waals surface area contributed by atoms with Crippen LogP contribution in [0.25, 0.3) is 0 Å². The standard InChI is InChI=1S/C18H15O2P.Li/c19-15-11-13-18(14-12-15)21(20,16-7-3-1-4-8-16)17-9-5-2-6-10-17;/h1-14,19H;/q;+1/p-1. The van der Waals surface area contributed by atoms with Gasteiger partial charge >= 0.3 is 18.9 Å². The van der Waals surface area contributed by atoms with Crippen LogP contribution in [-0.2, 0) is 4.57 Å². The quantitative estimate of drug-likeness (QED) is 0.479. The second-order valence-electron chi connectivity index (χ2n) is 4.77. The molecule has 0 amide bonds. The van der Waals surface area contributed by atoms with Gasteiger partial charge in [-0.25, -0.2) is 0 Å². The number of hydrogen-bond donors (Lipinski definition) is 0. The maximum atomic E-state index is 13.8. The Balaban J connectivity index is 0.00000176. The molecule has 4 heteroatoms. The molecule has 3 aromatic rings. The molecule has 0 aliphatic rings. The van der Waals surface area contributed by atoms with Gasteiger partial charge in [0.15, 0.2) is 7.14 Å². The van der Waals surface area contributed by atoms with Crippen LogP contribution >= 0.6 is 7.14 Å². The van der Waals surface area contributed by atoms with Crippen molar-refractivity contribution in [3.05, 3.63) is 84.9 Å². The Morgan fingerprint density at radius 3 is 1.36 bits per heavy atom. The molecule has 0 saturated heterocycles. The van der Waals surface area contributed by atoms with Gasteiger partial charge in [0, 0.05) is 15.9 Å².